The highest BCUT2D eigenvalue weighted by molar-refractivity contribution is 9.09. The van der Waals surface area contributed by atoms with Crippen molar-refractivity contribution in [2.75, 3.05) is 5.33 Å². The Hall–Kier alpha value is -0.820. The normalized spacial score (nSPS) is 13.0. The van der Waals surface area contributed by atoms with Crippen LogP contribution in [0.4, 0.5) is 0 Å². The average Bonchev–Trinajstić information content (AvgIpc) is 2.29. The number of hydrogen-bond donors (Lipinski definition) is 0. The van der Waals surface area contributed by atoms with Crippen LogP contribution in [0, 0.1) is 6.92 Å². The minimum absolute atomic E-state index is 0.565. The molecule has 2 rings (SSSR count). The van der Waals surface area contributed by atoms with Gasteiger partial charge in [-0.1, -0.05) is 59.3 Å². The number of halogens is 1. The molecule has 1 unspecified atom stereocenters. The van der Waals surface area contributed by atoms with Crippen LogP contribution >= 0.6 is 15.9 Å². The number of hydrogen-bond acceptors (Lipinski definition) is 0. The fourth-order valence-corrected chi connectivity index (χ4v) is 2.33. The van der Waals surface area contributed by atoms with E-state index in [2.05, 4.69) is 66.2 Å². The van der Waals surface area contributed by atoms with Crippen molar-refractivity contribution in [3.8, 4) is 0 Å². The molecular formula is C14H15Br. The summed E-state index contributed by atoms with van der Waals surface area (Å²) in [7, 11) is 0. The summed E-state index contributed by atoms with van der Waals surface area (Å²) in [5, 5.41) is 3.78. The van der Waals surface area contributed by atoms with Crippen LogP contribution < -0.4 is 0 Å². The molecule has 0 fully saturated rings. The van der Waals surface area contributed by atoms with E-state index in [1.54, 1.807) is 0 Å². The number of benzene rings is 2. The molecule has 0 spiro atoms. The first-order valence-corrected chi connectivity index (χ1v) is 6.40. The highest BCUT2D eigenvalue weighted by Gasteiger charge is 2.08. The Kier molecular flexibility index (Phi) is 3.11. The number of rotatable bonds is 2. The molecule has 0 saturated heterocycles. The lowest BCUT2D eigenvalue weighted by molar-refractivity contribution is 0.898. The van der Waals surface area contributed by atoms with Gasteiger partial charge < -0.3 is 0 Å². The highest BCUT2D eigenvalue weighted by Crippen LogP contribution is 2.28. The topological polar surface area (TPSA) is 0 Å². The molecule has 78 valence electrons. The van der Waals surface area contributed by atoms with Crippen LogP contribution in [0.3, 0.4) is 0 Å². The summed E-state index contributed by atoms with van der Waals surface area (Å²) in [6.45, 7) is 4.43. The minimum Gasteiger partial charge on any atom is -0.0922 e. The van der Waals surface area contributed by atoms with Gasteiger partial charge >= 0.3 is 0 Å². The van der Waals surface area contributed by atoms with Crippen molar-refractivity contribution in [3.05, 3.63) is 47.5 Å². The van der Waals surface area contributed by atoms with Gasteiger partial charge in [0.05, 0.1) is 0 Å². The summed E-state index contributed by atoms with van der Waals surface area (Å²) >= 11 is 3.56. The molecule has 0 amide bonds. The van der Waals surface area contributed by atoms with Crippen molar-refractivity contribution in [2.24, 2.45) is 0 Å². The summed E-state index contributed by atoms with van der Waals surface area (Å²) < 4.78 is 0. The van der Waals surface area contributed by atoms with Crippen molar-refractivity contribution < 1.29 is 0 Å². The van der Waals surface area contributed by atoms with E-state index < -0.39 is 0 Å². The number of aryl methyl sites for hydroxylation is 1. The Morgan fingerprint density at radius 2 is 1.73 bits per heavy atom. The van der Waals surface area contributed by atoms with Gasteiger partial charge in [-0.15, -0.1) is 0 Å². The van der Waals surface area contributed by atoms with Gasteiger partial charge in [-0.25, -0.2) is 0 Å². The van der Waals surface area contributed by atoms with Crippen LogP contribution in [-0.2, 0) is 0 Å². The van der Waals surface area contributed by atoms with E-state index in [4.69, 9.17) is 0 Å². The van der Waals surface area contributed by atoms with Gasteiger partial charge in [0.2, 0.25) is 0 Å². The third kappa shape index (κ3) is 1.93. The third-order valence-electron chi connectivity index (χ3n) is 2.94. The fourth-order valence-electron chi connectivity index (χ4n) is 1.99. The van der Waals surface area contributed by atoms with Crippen LogP contribution in [0.1, 0.15) is 24.0 Å². The van der Waals surface area contributed by atoms with Crippen molar-refractivity contribution in [1.82, 2.24) is 0 Å². The summed E-state index contributed by atoms with van der Waals surface area (Å²) in [6.07, 6.45) is 0. The van der Waals surface area contributed by atoms with Gasteiger partial charge in [-0.3, -0.25) is 0 Å². The molecule has 15 heavy (non-hydrogen) atoms. The predicted octanol–water partition coefficient (Wildman–Crippen LogP) is 4.65. The summed E-state index contributed by atoms with van der Waals surface area (Å²) in [4.78, 5) is 0. The molecule has 0 radical (unpaired) electrons. The van der Waals surface area contributed by atoms with E-state index in [0.29, 0.717) is 5.92 Å². The second-order valence-corrected chi connectivity index (χ2v) is 4.72. The maximum absolute atomic E-state index is 3.56. The largest absolute Gasteiger partial charge is 0.0922 e. The van der Waals surface area contributed by atoms with Crippen LogP contribution in [0.5, 0.6) is 0 Å². The van der Waals surface area contributed by atoms with E-state index in [1.807, 2.05) is 0 Å². The second kappa shape index (κ2) is 4.36. The lowest BCUT2D eigenvalue weighted by Crippen LogP contribution is -1.96. The zero-order chi connectivity index (χ0) is 10.8. The summed E-state index contributed by atoms with van der Waals surface area (Å²) in [5.74, 6) is 0.565. The Morgan fingerprint density at radius 3 is 2.40 bits per heavy atom. The quantitative estimate of drug-likeness (QED) is 0.692. The molecule has 1 atom stereocenters. The van der Waals surface area contributed by atoms with Crippen LogP contribution in [0.2, 0.25) is 0 Å². The van der Waals surface area contributed by atoms with E-state index in [0.717, 1.165) is 5.33 Å². The summed E-state index contributed by atoms with van der Waals surface area (Å²) in [5.41, 5.74) is 2.80. The summed E-state index contributed by atoms with van der Waals surface area (Å²) in [6, 6.07) is 13.1. The Labute approximate surface area is 99.4 Å². The maximum Gasteiger partial charge on any atom is 0.00978 e. The molecule has 0 N–H and O–H groups in total. The lowest BCUT2D eigenvalue weighted by atomic mass is 9.94. The van der Waals surface area contributed by atoms with E-state index in [1.165, 1.54) is 21.9 Å². The van der Waals surface area contributed by atoms with Crippen molar-refractivity contribution in [3.63, 3.8) is 0 Å². The predicted molar refractivity (Wildman–Crippen MR) is 70.9 cm³/mol. The first-order chi connectivity index (χ1) is 7.24. The molecule has 0 aliphatic carbocycles. The molecule has 0 aliphatic heterocycles. The third-order valence-corrected chi connectivity index (χ3v) is 3.91. The first-order valence-electron chi connectivity index (χ1n) is 5.28. The standard InChI is InChI=1S/C14H15Br/c1-10-7-8-13(11(2)9-15)14-6-4-3-5-12(10)14/h3-8,11H,9H2,1-2H3. The average molecular weight is 263 g/mol. The minimum atomic E-state index is 0.565. The molecule has 2 aromatic carbocycles. The van der Waals surface area contributed by atoms with Crippen LogP contribution in [0.25, 0.3) is 10.8 Å². The van der Waals surface area contributed by atoms with Gasteiger partial charge in [-0.2, -0.15) is 0 Å². The second-order valence-electron chi connectivity index (χ2n) is 4.07. The number of fused-ring (bicyclic) bond motifs is 1. The molecule has 0 aromatic heterocycles. The number of alkyl halides is 1. The molecule has 2 aromatic rings. The molecule has 0 heterocycles. The highest BCUT2D eigenvalue weighted by atomic mass is 79.9. The lowest BCUT2D eigenvalue weighted by Gasteiger charge is -2.13. The maximum atomic E-state index is 3.56. The molecule has 0 nitrogen and oxygen atoms in total. The fraction of sp³-hybridized carbons (Fsp3) is 0.286. The van der Waals surface area contributed by atoms with Gasteiger partial charge in [0.1, 0.15) is 0 Å². The van der Waals surface area contributed by atoms with Gasteiger partial charge in [0.25, 0.3) is 0 Å². The smallest absolute Gasteiger partial charge is 0.00978 e. The van der Waals surface area contributed by atoms with Crippen molar-refractivity contribution in [1.29, 1.82) is 0 Å². The van der Waals surface area contributed by atoms with Gasteiger partial charge in [0.15, 0.2) is 0 Å². The Balaban J connectivity index is 2.71. The molecule has 0 bridgehead atoms. The van der Waals surface area contributed by atoms with E-state index >= 15 is 0 Å². The SMILES string of the molecule is Cc1ccc(C(C)CBr)c2ccccc12. The van der Waals surface area contributed by atoms with E-state index in [9.17, 15) is 0 Å². The van der Waals surface area contributed by atoms with Crippen molar-refractivity contribution in [2.45, 2.75) is 19.8 Å². The zero-order valence-corrected chi connectivity index (χ0v) is 10.7. The van der Waals surface area contributed by atoms with E-state index in [-0.39, 0.29) is 0 Å². The van der Waals surface area contributed by atoms with Gasteiger partial charge in [-0.05, 0) is 34.7 Å². The molecule has 0 saturated carbocycles. The van der Waals surface area contributed by atoms with Gasteiger partial charge in [0, 0.05) is 5.33 Å². The van der Waals surface area contributed by atoms with Crippen molar-refractivity contribution >= 4 is 26.7 Å². The monoisotopic (exact) mass is 262 g/mol. The van der Waals surface area contributed by atoms with Crippen LogP contribution in [0.15, 0.2) is 36.4 Å². The Morgan fingerprint density at radius 1 is 1.07 bits per heavy atom. The molecular weight excluding hydrogens is 248 g/mol. The molecule has 0 aliphatic rings. The first kappa shape index (κ1) is 10.7. The van der Waals surface area contributed by atoms with Crippen LogP contribution in [-0.4, -0.2) is 5.33 Å². The molecule has 1 heteroatoms. The zero-order valence-electron chi connectivity index (χ0n) is 9.13. The Bertz CT molecular complexity index is 474.